The zero-order valence-electron chi connectivity index (χ0n) is 11.0. The summed E-state index contributed by atoms with van der Waals surface area (Å²) in [6, 6.07) is 20.5. The summed E-state index contributed by atoms with van der Waals surface area (Å²) >= 11 is 0. The Balaban J connectivity index is 2.54. The van der Waals surface area contributed by atoms with Crippen molar-refractivity contribution in [3.05, 3.63) is 84.4 Å². The van der Waals surface area contributed by atoms with E-state index in [1.807, 2.05) is 42.5 Å². The molecule has 0 saturated heterocycles. The Morgan fingerprint density at radius 1 is 0.895 bits per heavy atom. The first-order valence-electron chi connectivity index (χ1n) is 6.52. The van der Waals surface area contributed by atoms with Gasteiger partial charge in [-0.25, -0.2) is 0 Å². The Labute approximate surface area is 114 Å². The van der Waals surface area contributed by atoms with Gasteiger partial charge in [-0.1, -0.05) is 66.7 Å². The van der Waals surface area contributed by atoms with E-state index in [0.717, 1.165) is 12.7 Å². The van der Waals surface area contributed by atoms with Gasteiger partial charge in [0.2, 0.25) is 0 Å². The van der Waals surface area contributed by atoms with Gasteiger partial charge in [-0.05, 0) is 17.5 Å². The molecule has 1 nitrogen and oxygen atoms in total. The number of benzene rings is 2. The average molecular weight is 250 g/mol. The van der Waals surface area contributed by atoms with Gasteiger partial charge in [-0.15, -0.1) is 6.58 Å². The molecule has 0 atom stereocenters. The van der Waals surface area contributed by atoms with E-state index in [0.29, 0.717) is 6.42 Å². The van der Waals surface area contributed by atoms with Crippen LogP contribution < -0.4 is 0 Å². The molecule has 2 rings (SSSR count). The Morgan fingerprint density at radius 2 is 1.37 bits per heavy atom. The maximum absolute atomic E-state index is 10.8. The monoisotopic (exact) mass is 250 g/mol. The average Bonchev–Trinajstić information content (AvgIpc) is 2.51. The molecule has 1 heteroatoms. The van der Waals surface area contributed by atoms with Gasteiger partial charge in [0.05, 0.1) is 0 Å². The SMILES string of the molecule is C=CC(CCC=O)(c1ccccc1)c1ccccc1. The third-order valence-electron chi connectivity index (χ3n) is 3.58. The Morgan fingerprint density at radius 3 is 1.74 bits per heavy atom. The summed E-state index contributed by atoms with van der Waals surface area (Å²) in [6.07, 6.45) is 4.20. The molecule has 96 valence electrons. The molecule has 0 heterocycles. The molecule has 0 radical (unpaired) electrons. The third-order valence-corrected chi connectivity index (χ3v) is 3.58. The molecule has 0 spiro atoms. The Kier molecular flexibility index (Phi) is 4.30. The minimum absolute atomic E-state index is 0.288. The van der Waals surface area contributed by atoms with Crippen LogP contribution in [0.1, 0.15) is 24.0 Å². The normalized spacial score (nSPS) is 10.9. The van der Waals surface area contributed by atoms with Gasteiger partial charge in [0.15, 0.2) is 0 Å². The molecule has 0 bridgehead atoms. The molecule has 0 amide bonds. The van der Waals surface area contributed by atoms with Crippen LogP contribution in [-0.4, -0.2) is 6.29 Å². The van der Waals surface area contributed by atoms with Gasteiger partial charge >= 0.3 is 0 Å². The zero-order valence-corrected chi connectivity index (χ0v) is 11.0. The summed E-state index contributed by atoms with van der Waals surface area (Å²) in [5, 5.41) is 0. The van der Waals surface area contributed by atoms with Gasteiger partial charge in [0.1, 0.15) is 6.29 Å². The predicted octanol–water partition coefficient (Wildman–Crippen LogP) is 4.14. The highest BCUT2D eigenvalue weighted by molar-refractivity contribution is 5.52. The van der Waals surface area contributed by atoms with Crippen molar-refractivity contribution < 1.29 is 4.79 Å². The van der Waals surface area contributed by atoms with Crippen LogP contribution in [0.3, 0.4) is 0 Å². The number of hydrogen-bond acceptors (Lipinski definition) is 1. The summed E-state index contributed by atoms with van der Waals surface area (Å²) in [5.74, 6) is 0. The smallest absolute Gasteiger partial charge is 0.120 e. The molecule has 19 heavy (non-hydrogen) atoms. The lowest BCUT2D eigenvalue weighted by molar-refractivity contribution is -0.108. The largest absolute Gasteiger partial charge is 0.303 e. The highest BCUT2D eigenvalue weighted by Crippen LogP contribution is 2.37. The summed E-state index contributed by atoms with van der Waals surface area (Å²) in [7, 11) is 0. The maximum atomic E-state index is 10.8. The van der Waals surface area contributed by atoms with Crippen LogP contribution in [0.2, 0.25) is 0 Å². The van der Waals surface area contributed by atoms with Crippen molar-refractivity contribution in [1.29, 1.82) is 0 Å². The zero-order chi connectivity index (χ0) is 13.6. The topological polar surface area (TPSA) is 17.1 Å². The molecule has 2 aromatic carbocycles. The first-order chi connectivity index (χ1) is 9.33. The Hall–Kier alpha value is -2.15. The van der Waals surface area contributed by atoms with E-state index >= 15 is 0 Å². The number of hydrogen-bond donors (Lipinski definition) is 0. The molecular weight excluding hydrogens is 232 g/mol. The summed E-state index contributed by atoms with van der Waals surface area (Å²) in [6.45, 7) is 4.02. The van der Waals surface area contributed by atoms with Crippen molar-refractivity contribution >= 4 is 6.29 Å². The van der Waals surface area contributed by atoms with E-state index in [1.54, 1.807) is 0 Å². The van der Waals surface area contributed by atoms with Gasteiger partial charge in [0.25, 0.3) is 0 Å². The lowest BCUT2D eigenvalue weighted by Gasteiger charge is -2.31. The Bertz CT molecular complexity index is 489. The molecule has 0 fully saturated rings. The summed E-state index contributed by atoms with van der Waals surface area (Å²) in [5.41, 5.74) is 2.07. The van der Waals surface area contributed by atoms with Crippen molar-refractivity contribution in [1.82, 2.24) is 0 Å². The number of rotatable bonds is 6. The van der Waals surface area contributed by atoms with Crippen molar-refractivity contribution in [2.75, 3.05) is 0 Å². The number of carbonyl (C=O) groups is 1. The molecule has 0 saturated carbocycles. The molecule has 0 aliphatic heterocycles. The van der Waals surface area contributed by atoms with Crippen LogP contribution in [0.25, 0.3) is 0 Å². The lowest BCUT2D eigenvalue weighted by atomic mass is 9.71. The third kappa shape index (κ3) is 2.65. The van der Waals surface area contributed by atoms with Gasteiger partial charge in [-0.2, -0.15) is 0 Å². The van der Waals surface area contributed by atoms with E-state index in [-0.39, 0.29) is 5.41 Å². The highest BCUT2D eigenvalue weighted by Gasteiger charge is 2.30. The number of aldehydes is 1. The minimum Gasteiger partial charge on any atom is -0.303 e. The van der Waals surface area contributed by atoms with Crippen LogP contribution in [0.5, 0.6) is 0 Å². The summed E-state index contributed by atoms with van der Waals surface area (Å²) < 4.78 is 0. The van der Waals surface area contributed by atoms with Crippen molar-refractivity contribution in [2.45, 2.75) is 18.3 Å². The fourth-order valence-corrected chi connectivity index (χ4v) is 2.55. The molecular formula is C18H18O. The van der Waals surface area contributed by atoms with Crippen LogP contribution in [-0.2, 0) is 10.2 Å². The van der Waals surface area contributed by atoms with E-state index in [2.05, 4.69) is 30.8 Å². The van der Waals surface area contributed by atoms with Gasteiger partial charge < -0.3 is 4.79 Å². The second-order valence-corrected chi connectivity index (χ2v) is 4.61. The summed E-state index contributed by atoms with van der Waals surface area (Å²) in [4.78, 5) is 10.8. The molecule has 0 N–H and O–H groups in total. The lowest BCUT2D eigenvalue weighted by Crippen LogP contribution is -2.25. The van der Waals surface area contributed by atoms with Crippen LogP contribution in [0.15, 0.2) is 73.3 Å². The minimum atomic E-state index is -0.288. The van der Waals surface area contributed by atoms with Crippen molar-refractivity contribution in [3.63, 3.8) is 0 Å². The van der Waals surface area contributed by atoms with E-state index < -0.39 is 0 Å². The number of carbonyl (C=O) groups excluding carboxylic acids is 1. The molecule has 0 aliphatic carbocycles. The second kappa shape index (κ2) is 6.14. The van der Waals surface area contributed by atoms with Gasteiger partial charge in [-0.3, -0.25) is 0 Å². The first kappa shape index (κ1) is 13.3. The fraction of sp³-hybridized carbons (Fsp3) is 0.167. The predicted molar refractivity (Wildman–Crippen MR) is 79.2 cm³/mol. The first-order valence-corrected chi connectivity index (χ1v) is 6.52. The van der Waals surface area contributed by atoms with Crippen molar-refractivity contribution in [2.24, 2.45) is 0 Å². The molecule has 0 aromatic heterocycles. The quantitative estimate of drug-likeness (QED) is 0.556. The maximum Gasteiger partial charge on any atom is 0.120 e. The van der Waals surface area contributed by atoms with Crippen LogP contribution >= 0.6 is 0 Å². The van der Waals surface area contributed by atoms with E-state index in [1.165, 1.54) is 11.1 Å². The molecule has 0 aliphatic rings. The number of allylic oxidation sites excluding steroid dienone is 1. The van der Waals surface area contributed by atoms with E-state index in [9.17, 15) is 4.79 Å². The molecule has 2 aromatic rings. The van der Waals surface area contributed by atoms with E-state index in [4.69, 9.17) is 0 Å². The highest BCUT2D eigenvalue weighted by atomic mass is 16.1. The second-order valence-electron chi connectivity index (χ2n) is 4.61. The standard InChI is InChI=1S/C18H18O/c1-2-18(14-9-15-19,16-10-5-3-6-11-16)17-12-7-4-8-13-17/h2-8,10-13,15H,1,9,14H2. The molecule has 0 unspecified atom stereocenters. The van der Waals surface area contributed by atoms with Crippen molar-refractivity contribution in [3.8, 4) is 0 Å². The van der Waals surface area contributed by atoms with Crippen LogP contribution in [0, 0.1) is 0 Å². The van der Waals surface area contributed by atoms with Crippen LogP contribution in [0.4, 0.5) is 0 Å². The fourth-order valence-electron chi connectivity index (χ4n) is 2.55. The van der Waals surface area contributed by atoms with Gasteiger partial charge in [0, 0.05) is 11.8 Å².